The zero-order valence-corrected chi connectivity index (χ0v) is 9.67. The number of rotatable bonds is 2. The Morgan fingerprint density at radius 3 is 2.65 bits per heavy atom. The van der Waals surface area contributed by atoms with E-state index in [1.165, 1.54) is 25.5 Å². The summed E-state index contributed by atoms with van der Waals surface area (Å²) in [6, 6.07) is 1.73. The number of nitrogens with zero attached hydrogens (tertiary/aromatic N) is 2. The maximum absolute atomic E-state index is 10.9. The summed E-state index contributed by atoms with van der Waals surface area (Å²) in [5, 5.41) is 8.95. The summed E-state index contributed by atoms with van der Waals surface area (Å²) in [5.41, 5.74) is 1.24. The van der Waals surface area contributed by atoms with Gasteiger partial charge in [0.1, 0.15) is 0 Å². The van der Waals surface area contributed by atoms with E-state index in [0.29, 0.717) is 0 Å². The van der Waals surface area contributed by atoms with Crippen LogP contribution >= 0.6 is 0 Å². The first-order chi connectivity index (χ1) is 8.24. The first kappa shape index (κ1) is 10.6. The third kappa shape index (κ3) is 1.88. The Morgan fingerprint density at radius 1 is 1.29 bits per heavy atom. The Bertz CT molecular complexity index is 435. The number of aromatic nitrogens is 1. The van der Waals surface area contributed by atoms with Gasteiger partial charge < -0.3 is 10.0 Å². The third-order valence-corrected chi connectivity index (χ3v) is 4.06. The van der Waals surface area contributed by atoms with Crippen LogP contribution in [0.1, 0.15) is 29.6 Å². The normalized spacial score (nSPS) is 27.2. The van der Waals surface area contributed by atoms with Crippen molar-refractivity contribution in [2.75, 3.05) is 18.0 Å². The molecule has 1 aromatic rings. The molecule has 0 aromatic carbocycles. The fourth-order valence-electron chi connectivity index (χ4n) is 3.16. The first-order valence-electron chi connectivity index (χ1n) is 6.17. The number of carbonyl (C=O) groups is 1. The molecule has 1 aliphatic heterocycles. The van der Waals surface area contributed by atoms with Crippen molar-refractivity contribution >= 4 is 11.7 Å². The second-order valence-corrected chi connectivity index (χ2v) is 5.09. The first-order valence-corrected chi connectivity index (χ1v) is 6.17. The van der Waals surface area contributed by atoms with Gasteiger partial charge in [0.2, 0.25) is 0 Å². The van der Waals surface area contributed by atoms with E-state index >= 15 is 0 Å². The molecule has 0 radical (unpaired) electrons. The Kier molecular flexibility index (Phi) is 2.50. The number of carboxylic acid groups (broad SMARTS) is 1. The molecule has 0 amide bonds. The predicted molar refractivity (Wildman–Crippen MR) is 64.2 cm³/mol. The fourth-order valence-corrected chi connectivity index (χ4v) is 3.16. The third-order valence-electron chi connectivity index (χ3n) is 4.06. The molecule has 0 spiro atoms. The zero-order chi connectivity index (χ0) is 11.8. The molecule has 4 nitrogen and oxygen atoms in total. The molecule has 2 aliphatic rings. The number of pyridine rings is 1. The lowest BCUT2D eigenvalue weighted by Gasteiger charge is -2.19. The molecule has 1 saturated heterocycles. The highest BCUT2D eigenvalue weighted by Gasteiger charge is 2.36. The minimum atomic E-state index is -0.904. The summed E-state index contributed by atoms with van der Waals surface area (Å²) in [5.74, 6) is 0.714. The van der Waals surface area contributed by atoms with Crippen molar-refractivity contribution in [3.63, 3.8) is 0 Å². The minimum Gasteiger partial charge on any atom is -0.478 e. The highest BCUT2D eigenvalue weighted by molar-refractivity contribution is 5.88. The largest absolute Gasteiger partial charge is 0.478 e. The van der Waals surface area contributed by atoms with Gasteiger partial charge in [-0.25, -0.2) is 4.79 Å². The number of anilines is 1. The van der Waals surface area contributed by atoms with Crippen LogP contribution in [0.4, 0.5) is 5.69 Å². The zero-order valence-electron chi connectivity index (χ0n) is 9.67. The van der Waals surface area contributed by atoms with Gasteiger partial charge in [0, 0.05) is 19.3 Å². The van der Waals surface area contributed by atoms with Gasteiger partial charge in [-0.15, -0.1) is 0 Å². The van der Waals surface area contributed by atoms with Gasteiger partial charge in [0.05, 0.1) is 17.4 Å². The average Bonchev–Trinajstić information content (AvgIpc) is 2.89. The molecule has 1 N–H and O–H groups in total. The lowest BCUT2D eigenvalue weighted by atomic mass is 10.0. The maximum Gasteiger partial charge on any atom is 0.337 e. The van der Waals surface area contributed by atoms with E-state index in [0.717, 1.165) is 30.6 Å². The van der Waals surface area contributed by atoms with Crippen LogP contribution in [0.2, 0.25) is 0 Å². The van der Waals surface area contributed by atoms with E-state index in [2.05, 4.69) is 9.88 Å². The Morgan fingerprint density at radius 2 is 2.00 bits per heavy atom. The molecule has 1 saturated carbocycles. The smallest absolute Gasteiger partial charge is 0.337 e. The SMILES string of the molecule is O=C(O)c1cncc(N2C[C@@H]3CCC[C@H]3C2)c1. The van der Waals surface area contributed by atoms with Crippen LogP contribution in [0, 0.1) is 11.8 Å². The van der Waals surface area contributed by atoms with Gasteiger partial charge in [-0.1, -0.05) is 6.42 Å². The van der Waals surface area contributed by atoms with Gasteiger partial charge in [-0.3, -0.25) is 4.98 Å². The van der Waals surface area contributed by atoms with E-state index in [1.54, 1.807) is 12.3 Å². The van der Waals surface area contributed by atoms with Crippen LogP contribution < -0.4 is 4.90 Å². The molecule has 3 rings (SSSR count). The summed E-state index contributed by atoms with van der Waals surface area (Å²) in [7, 11) is 0. The van der Waals surface area contributed by atoms with Gasteiger partial charge in [-0.05, 0) is 30.7 Å². The molecule has 17 heavy (non-hydrogen) atoms. The molecule has 2 heterocycles. The van der Waals surface area contributed by atoms with Gasteiger partial charge in [0.15, 0.2) is 0 Å². The summed E-state index contributed by atoms with van der Waals surface area (Å²) < 4.78 is 0. The fraction of sp³-hybridized carbons (Fsp3) is 0.538. The Balaban J connectivity index is 1.81. The van der Waals surface area contributed by atoms with Crippen LogP contribution in [0.15, 0.2) is 18.5 Å². The highest BCUT2D eigenvalue weighted by atomic mass is 16.4. The molecule has 1 aliphatic carbocycles. The highest BCUT2D eigenvalue weighted by Crippen LogP contribution is 2.39. The summed E-state index contributed by atoms with van der Waals surface area (Å²) in [6.07, 6.45) is 7.19. The Labute approximate surface area is 100 Å². The molecule has 1 aromatic heterocycles. The van der Waals surface area contributed by atoms with Gasteiger partial charge >= 0.3 is 5.97 Å². The lowest BCUT2D eigenvalue weighted by molar-refractivity contribution is 0.0696. The van der Waals surface area contributed by atoms with Crippen molar-refractivity contribution in [3.05, 3.63) is 24.0 Å². The van der Waals surface area contributed by atoms with Crippen LogP contribution in [-0.2, 0) is 0 Å². The number of hydrogen-bond acceptors (Lipinski definition) is 3. The van der Waals surface area contributed by atoms with E-state index in [1.807, 2.05) is 0 Å². The number of fused-ring (bicyclic) bond motifs is 1. The molecule has 2 atom stereocenters. The van der Waals surface area contributed by atoms with Crippen molar-refractivity contribution in [1.82, 2.24) is 4.98 Å². The second kappa shape index (κ2) is 4.02. The monoisotopic (exact) mass is 232 g/mol. The van der Waals surface area contributed by atoms with E-state index < -0.39 is 5.97 Å². The van der Waals surface area contributed by atoms with Crippen LogP contribution in [0.5, 0.6) is 0 Å². The average molecular weight is 232 g/mol. The number of aromatic carboxylic acids is 1. The summed E-state index contributed by atoms with van der Waals surface area (Å²) in [4.78, 5) is 17.2. The maximum atomic E-state index is 10.9. The number of carboxylic acids is 1. The van der Waals surface area contributed by atoms with Crippen molar-refractivity contribution in [2.45, 2.75) is 19.3 Å². The molecule has 0 unspecified atom stereocenters. The number of hydrogen-bond donors (Lipinski definition) is 1. The van der Waals surface area contributed by atoms with Crippen molar-refractivity contribution in [2.24, 2.45) is 11.8 Å². The van der Waals surface area contributed by atoms with Crippen LogP contribution in [0.25, 0.3) is 0 Å². The summed E-state index contributed by atoms with van der Waals surface area (Å²) >= 11 is 0. The molecular formula is C13H16N2O2. The van der Waals surface area contributed by atoms with Crippen molar-refractivity contribution in [3.8, 4) is 0 Å². The van der Waals surface area contributed by atoms with Gasteiger partial charge in [-0.2, -0.15) is 0 Å². The van der Waals surface area contributed by atoms with E-state index in [4.69, 9.17) is 5.11 Å². The predicted octanol–water partition coefficient (Wildman–Crippen LogP) is 2.02. The quantitative estimate of drug-likeness (QED) is 0.847. The molecule has 4 heteroatoms. The Hall–Kier alpha value is -1.58. The van der Waals surface area contributed by atoms with Crippen LogP contribution in [-0.4, -0.2) is 29.1 Å². The molecule has 0 bridgehead atoms. The second-order valence-electron chi connectivity index (χ2n) is 5.09. The van der Waals surface area contributed by atoms with E-state index in [9.17, 15) is 4.79 Å². The minimum absolute atomic E-state index is 0.277. The summed E-state index contributed by atoms with van der Waals surface area (Å²) in [6.45, 7) is 2.13. The molecule has 90 valence electrons. The molecular weight excluding hydrogens is 216 g/mol. The van der Waals surface area contributed by atoms with Crippen molar-refractivity contribution < 1.29 is 9.90 Å². The molecule has 2 fully saturated rings. The lowest BCUT2D eigenvalue weighted by Crippen LogP contribution is -2.21. The van der Waals surface area contributed by atoms with Gasteiger partial charge in [0.25, 0.3) is 0 Å². The topological polar surface area (TPSA) is 53.4 Å². The van der Waals surface area contributed by atoms with Crippen molar-refractivity contribution in [1.29, 1.82) is 0 Å². The van der Waals surface area contributed by atoms with Crippen LogP contribution in [0.3, 0.4) is 0 Å². The standard InChI is InChI=1S/C13H16N2O2/c16-13(17)11-4-12(6-14-5-11)15-7-9-2-1-3-10(9)8-15/h4-6,9-10H,1-3,7-8H2,(H,16,17)/t9-,10-/m0/s1. The van der Waals surface area contributed by atoms with E-state index in [-0.39, 0.29) is 5.56 Å².